The molecule has 0 saturated carbocycles. The molecule has 0 bridgehead atoms. The van der Waals surface area contributed by atoms with Crippen molar-refractivity contribution in [2.75, 3.05) is 0 Å². The van der Waals surface area contributed by atoms with Crippen molar-refractivity contribution < 1.29 is 4.74 Å². The van der Waals surface area contributed by atoms with Gasteiger partial charge in [0.1, 0.15) is 11.5 Å². The van der Waals surface area contributed by atoms with Gasteiger partial charge in [0.05, 0.1) is 0 Å². The van der Waals surface area contributed by atoms with Crippen LogP contribution >= 0.6 is 0 Å². The Labute approximate surface area is 119 Å². The molecule has 98 valence electrons. The smallest absolute Gasteiger partial charge is 0.130 e. The van der Waals surface area contributed by atoms with Gasteiger partial charge in [-0.2, -0.15) is 0 Å². The summed E-state index contributed by atoms with van der Waals surface area (Å²) >= 11 is 0. The summed E-state index contributed by atoms with van der Waals surface area (Å²) in [5.41, 5.74) is 5.14. The first-order valence-corrected chi connectivity index (χ1v) is 7.07. The molecule has 1 heteroatoms. The van der Waals surface area contributed by atoms with Crippen molar-refractivity contribution in [2.45, 2.75) is 19.3 Å². The highest BCUT2D eigenvalue weighted by Crippen LogP contribution is 2.45. The van der Waals surface area contributed by atoms with Crippen LogP contribution in [0.1, 0.15) is 23.5 Å². The summed E-state index contributed by atoms with van der Waals surface area (Å²) in [5.74, 6) is 2.50. The average molecular weight is 260 g/mol. The van der Waals surface area contributed by atoms with E-state index >= 15 is 0 Å². The Morgan fingerprint density at radius 2 is 1.80 bits per heavy atom. The fourth-order valence-corrected chi connectivity index (χ4v) is 2.96. The highest BCUT2D eigenvalue weighted by Gasteiger charge is 2.29. The summed E-state index contributed by atoms with van der Waals surface area (Å²) in [7, 11) is 0. The standard InChI is InChI=1S/C19H16O/c1-13-6-8-14(9-7-13)15-10-11-19-17(12-15)16-4-2-3-5-18(16)20-19/h2-3,5-12,16H,4H2,1H3. The van der Waals surface area contributed by atoms with Gasteiger partial charge in [-0.3, -0.25) is 0 Å². The van der Waals surface area contributed by atoms with Gasteiger partial charge in [-0.05, 0) is 42.7 Å². The lowest BCUT2D eigenvalue weighted by atomic mass is 9.90. The van der Waals surface area contributed by atoms with E-state index in [9.17, 15) is 0 Å². The summed E-state index contributed by atoms with van der Waals surface area (Å²) in [5, 5.41) is 0. The Kier molecular flexibility index (Phi) is 2.53. The third-order valence-corrected chi connectivity index (χ3v) is 4.11. The molecule has 0 saturated heterocycles. The number of benzene rings is 2. The molecule has 20 heavy (non-hydrogen) atoms. The van der Waals surface area contributed by atoms with E-state index in [0.717, 1.165) is 17.9 Å². The molecule has 1 aliphatic carbocycles. The Hall–Kier alpha value is -2.28. The molecule has 1 unspecified atom stereocenters. The van der Waals surface area contributed by atoms with Gasteiger partial charge in [0.15, 0.2) is 0 Å². The quantitative estimate of drug-likeness (QED) is 0.702. The van der Waals surface area contributed by atoms with Crippen LogP contribution in [0.15, 0.2) is 66.5 Å². The SMILES string of the molecule is Cc1ccc(-c2ccc3c(c2)C2CC=CC=C2O3)cc1. The third-order valence-electron chi connectivity index (χ3n) is 4.11. The average Bonchev–Trinajstić information content (AvgIpc) is 2.86. The maximum absolute atomic E-state index is 5.93. The van der Waals surface area contributed by atoms with Gasteiger partial charge in [-0.25, -0.2) is 0 Å². The number of ether oxygens (including phenoxy) is 1. The monoisotopic (exact) mass is 260 g/mol. The van der Waals surface area contributed by atoms with E-state index in [2.05, 4.69) is 67.6 Å². The molecule has 0 spiro atoms. The third kappa shape index (κ3) is 1.78. The van der Waals surface area contributed by atoms with Crippen molar-refractivity contribution in [1.29, 1.82) is 0 Å². The molecule has 0 aromatic heterocycles. The van der Waals surface area contributed by atoms with E-state index < -0.39 is 0 Å². The second-order valence-corrected chi connectivity index (χ2v) is 5.51. The fourth-order valence-electron chi connectivity index (χ4n) is 2.96. The van der Waals surface area contributed by atoms with Crippen LogP contribution < -0.4 is 4.74 Å². The number of rotatable bonds is 1. The van der Waals surface area contributed by atoms with Gasteiger partial charge < -0.3 is 4.74 Å². The second-order valence-electron chi connectivity index (χ2n) is 5.51. The fraction of sp³-hybridized carbons (Fsp3) is 0.158. The van der Waals surface area contributed by atoms with E-state index in [1.54, 1.807) is 0 Å². The molecule has 0 amide bonds. The van der Waals surface area contributed by atoms with Gasteiger partial charge in [0, 0.05) is 11.5 Å². The maximum atomic E-state index is 5.93. The Bertz CT molecular complexity index is 720. The summed E-state index contributed by atoms with van der Waals surface area (Å²) < 4.78 is 5.93. The summed E-state index contributed by atoms with van der Waals surface area (Å²) in [4.78, 5) is 0. The molecule has 1 aliphatic heterocycles. The van der Waals surface area contributed by atoms with E-state index in [4.69, 9.17) is 4.74 Å². The molecular formula is C19H16O. The van der Waals surface area contributed by atoms with Gasteiger partial charge in [0.2, 0.25) is 0 Å². The van der Waals surface area contributed by atoms with Gasteiger partial charge in [-0.1, -0.05) is 48.0 Å². The largest absolute Gasteiger partial charge is 0.461 e. The summed E-state index contributed by atoms with van der Waals surface area (Å²) in [6, 6.07) is 15.2. The van der Waals surface area contributed by atoms with Crippen LogP contribution in [0.4, 0.5) is 0 Å². The molecule has 1 atom stereocenters. The van der Waals surface area contributed by atoms with Crippen LogP contribution in [-0.4, -0.2) is 0 Å². The predicted octanol–water partition coefficient (Wildman–Crippen LogP) is 4.98. The van der Waals surface area contributed by atoms with E-state index in [0.29, 0.717) is 5.92 Å². The number of allylic oxidation sites excluding steroid dienone is 4. The first kappa shape index (κ1) is 11.5. The lowest BCUT2D eigenvalue weighted by Crippen LogP contribution is -2.00. The van der Waals surface area contributed by atoms with Crippen molar-refractivity contribution in [3.8, 4) is 16.9 Å². The van der Waals surface area contributed by atoms with Crippen molar-refractivity contribution >= 4 is 0 Å². The minimum atomic E-state index is 0.403. The van der Waals surface area contributed by atoms with Crippen molar-refractivity contribution in [1.82, 2.24) is 0 Å². The van der Waals surface area contributed by atoms with Crippen LogP contribution in [-0.2, 0) is 0 Å². The van der Waals surface area contributed by atoms with Crippen molar-refractivity contribution in [3.05, 3.63) is 77.6 Å². The molecule has 2 aromatic carbocycles. The Morgan fingerprint density at radius 3 is 2.65 bits per heavy atom. The zero-order valence-electron chi connectivity index (χ0n) is 11.5. The van der Waals surface area contributed by atoms with Crippen LogP contribution in [0.25, 0.3) is 11.1 Å². The Balaban J connectivity index is 1.77. The minimum absolute atomic E-state index is 0.403. The zero-order valence-corrected chi connectivity index (χ0v) is 11.5. The number of fused-ring (bicyclic) bond motifs is 3. The van der Waals surface area contributed by atoms with Crippen molar-refractivity contribution in [3.63, 3.8) is 0 Å². The van der Waals surface area contributed by atoms with E-state index in [-0.39, 0.29) is 0 Å². The number of hydrogen-bond donors (Lipinski definition) is 0. The van der Waals surface area contributed by atoms with Gasteiger partial charge >= 0.3 is 0 Å². The topological polar surface area (TPSA) is 9.23 Å². The van der Waals surface area contributed by atoms with E-state index in [1.165, 1.54) is 22.3 Å². The van der Waals surface area contributed by atoms with Crippen LogP contribution in [0.3, 0.4) is 0 Å². The normalized spacial score (nSPS) is 19.1. The second kappa shape index (κ2) is 4.38. The molecular weight excluding hydrogens is 244 g/mol. The molecule has 1 nitrogen and oxygen atoms in total. The molecule has 0 N–H and O–H groups in total. The molecule has 2 aliphatic rings. The lowest BCUT2D eigenvalue weighted by Gasteiger charge is -2.11. The Morgan fingerprint density at radius 1 is 1.00 bits per heavy atom. The van der Waals surface area contributed by atoms with Gasteiger partial charge in [-0.15, -0.1) is 0 Å². The van der Waals surface area contributed by atoms with E-state index in [1.807, 2.05) is 0 Å². The number of hydrogen-bond acceptors (Lipinski definition) is 1. The number of aryl methyl sites for hydroxylation is 1. The molecule has 0 radical (unpaired) electrons. The minimum Gasteiger partial charge on any atom is -0.461 e. The summed E-state index contributed by atoms with van der Waals surface area (Å²) in [6.07, 6.45) is 7.42. The van der Waals surface area contributed by atoms with Crippen LogP contribution in [0.2, 0.25) is 0 Å². The highest BCUT2D eigenvalue weighted by molar-refractivity contribution is 5.67. The van der Waals surface area contributed by atoms with Crippen LogP contribution in [0.5, 0.6) is 5.75 Å². The van der Waals surface area contributed by atoms with Crippen LogP contribution in [0, 0.1) is 6.92 Å². The van der Waals surface area contributed by atoms with Crippen molar-refractivity contribution in [2.24, 2.45) is 0 Å². The maximum Gasteiger partial charge on any atom is 0.130 e. The molecule has 0 fully saturated rings. The first-order valence-electron chi connectivity index (χ1n) is 7.07. The first-order chi connectivity index (χ1) is 9.81. The summed E-state index contributed by atoms with van der Waals surface area (Å²) in [6.45, 7) is 2.12. The molecule has 1 heterocycles. The zero-order chi connectivity index (χ0) is 13.5. The highest BCUT2D eigenvalue weighted by atomic mass is 16.5. The predicted molar refractivity (Wildman–Crippen MR) is 81.8 cm³/mol. The molecule has 2 aromatic rings. The molecule has 4 rings (SSSR count). The van der Waals surface area contributed by atoms with Gasteiger partial charge in [0.25, 0.3) is 0 Å². The lowest BCUT2D eigenvalue weighted by molar-refractivity contribution is 0.425.